The third-order valence-corrected chi connectivity index (χ3v) is 3.81. The van der Waals surface area contributed by atoms with Crippen LogP contribution in [0.3, 0.4) is 0 Å². The second kappa shape index (κ2) is 12.9. The van der Waals surface area contributed by atoms with Gasteiger partial charge in [-0.15, -0.1) is 0 Å². The molecule has 0 amide bonds. The fourth-order valence-electron chi connectivity index (χ4n) is 2.32. The molecule has 2 saturated heterocycles. The van der Waals surface area contributed by atoms with E-state index in [9.17, 15) is 0 Å². The molecule has 3 rings (SSSR count). The van der Waals surface area contributed by atoms with E-state index in [0.717, 1.165) is 58.8 Å². The van der Waals surface area contributed by atoms with Crippen LogP contribution in [0.25, 0.3) is 0 Å². The molecule has 0 bridgehead atoms. The zero-order valence-electron chi connectivity index (χ0n) is 14.6. The topological polar surface area (TPSA) is 104 Å². The Kier molecular flexibility index (Phi) is 11.1. The summed E-state index contributed by atoms with van der Waals surface area (Å²) in [6.07, 6.45) is 5.83. The van der Waals surface area contributed by atoms with Crippen molar-refractivity contribution in [1.82, 2.24) is 15.6 Å². The Morgan fingerprint density at radius 3 is 2.08 bits per heavy atom. The number of carboxylic acids is 1. The summed E-state index contributed by atoms with van der Waals surface area (Å²) in [7, 11) is 0. The maximum atomic E-state index is 9.00. The van der Waals surface area contributed by atoms with E-state index in [1.807, 2.05) is 6.07 Å². The van der Waals surface area contributed by atoms with Gasteiger partial charge in [-0.3, -0.25) is 4.79 Å². The average molecular weight is 374 g/mol. The van der Waals surface area contributed by atoms with Gasteiger partial charge in [-0.25, -0.2) is 4.98 Å². The van der Waals surface area contributed by atoms with Crippen molar-refractivity contribution in [3.63, 3.8) is 0 Å². The fourth-order valence-corrected chi connectivity index (χ4v) is 2.43. The van der Waals surface area contributed by atoms with E-state index < -0.39 is 5.97 Å². The molecule has 2 aliphatic rings. The number of carbonyl (C=O) groups is 1. The van der Waals surface area contributed by atoms with Crippen molar-refractivity contribution in [3.05, 3.63) is 23.4 Å². The molecule has 0 spiro atoms. The lowest BCUT2D eigenvalue weighted by molar-refractivity contribution is -0.134. The number of nitrogens with zero attached hydrogens (tertiary/aromatic N) is 1. The third-order valence-electron chi connectivity index (χ3n) is 3.58. The predicted molar refractivity (Wildman–Crippen MR) is 97.2 cm³/mol. The van der Waals surface area contributed by atoms with Gasteiger partial charge in [-0.1, -0.05) is 11.6 Å². The first-order chi connectivity index (χ1) is 12.0. The molecular formula is C17H28ClN3O4. The molecule has 142 valence electrons. The number of pyridine rings is 1. The summed E-state index contributed by atoms with van der Waals surface area (Å²) in [5.41, 5.74) is 0. The smallest absolute Gasteiger partial charge is 0.300 e. The monoisotopic (exact) mass is 373 g/mol. The van der Waals surface area contributed by atoms with Crippen LogP contribution in [0.1, 0.15) is 32.6 Å². The van der Waals surface area contributed by atoms with Gasteiger partial charge in [-0.05, 0) is 57.9 Å². The molecule has 2 aliphatic heterocycles. The zero-order chi connectivity index (χ0) is 18.5. The minimum absolute atomic E-state index is 0.0266. The number of rotatable bonds is 2. The molecule has 0 atom stereocenters. The fraction of sp³-hybridized carbons (Fsp3) is 0.647. The van der Waals surface area contributed by atoms with Gasteiger partial charge in [0.15, 0.2) is 0 Å². The normalized spacial score (nSPS) is 18.2. The lowest BCUT2D eigenvalue weighted by Gasteiger charge is -2.23. The first-order valence-corrected chi connectivity index (χ1v) is 8.92. The van der Waals surface area contributed by atoms with Crippen LogP contribution in [0.15, 0.2) is 18.3 Å². The van der Waals surface area contributed by atoms with Crippen molar-refractivity contribution in [2.24, 2.45) is 0 Å². The number of piperidine rings is 2. The van der Waals surface area contributed by atoms with Crippen molar-refractivity contribution in [1.29, 1.82) is 0 Å². The highest BCUT2D eigenvalue weighted by Crippen LogP contribution is 2.15. The van der Waals surface area contributed by atoms with Gasteiger partial charge in [0.1, 0.15) is 6.10 Å². The molecule has 2 fully saturated rings. The molecule has 0 aromatic carbocycles. The molecule has 1 aromatic rings. The number of hydrogen-bond donors (Lipinski definition) is 4. The summed E-state index contributed by atoms with van der Waals surface area (Å²) in [6.45, 7) is 5.11. The Morgan fingerprint density at radius 2 is 1.68 bits per heavy atom. The van der Waals surface area contributed by atoms with Gasteiger partial charge in [-0.2, -0.15) is 0 Å². The number of hydrogen-bond acceptors (Lipinski definition) is 6. The van der Waals surface area contributed by atoms with Gasteiger partial charge in [0.05, 0.1) is 11.1 Å². The summed E-state index contributed by atoms with van der Waals surface area (Å²) in [5, 5.41) is 23.4. The molecule has 4 N–H and O–H groups in total. The molecular weight excluding hydrogens is 346 g/mol. The first-order valence-electron chi connectivity index (χ1n) is 8.54. The van der Waals surface area contributed by atoms with Gasteiger partial charge in [0, 0.05) is 19.2 Å². The maximum Gasteiger partial charge on any atom is 0.300 e. The number of aliphatic carboxylic acids is 1. The average Bonchev–Trinajstić information content (AvgIpc) is 2.59. The number of aromatic nitrogens is 1. The van der Waals surface area contributed by atoms with Crippen LogP contribution in [0.4, 0.5) is 0 Å². The molecule has 8 heteroatoms. The number of carboxylic acid groups (broad SMARTS) is 1. The third kappa shape index (κ3) is 11.7. The Balaban J connectivity index is 0.000000237. The first kappa shape index (κ1) is 21.6. The molecule has 25 heavy (non-hydrogen) atoms. The number of aliphatic hydroxyl groups excluding tert-OH is 1. The van der Waals surface area contributed by atoms with E-state index in [1.54, 1.807) is 12.3 Å². The highest BCUT2D eigenvalue weighted by Gasteiger charge is 2.14. The van der Waals surface area contributed by atoms with E-state index in [-0.39, 0.29) is 6.10 Å². The van der Waals surface area contributed by atoms with E-state index in [4.69, 9.17) is 31.3 Å². The lowest BCUT2D eigenvalue weighted by Crippen LogP contribution is -2.34. The van der Waals surface area contributed by atoms with Crippen LogP contribution < -0.4 is 15.4 Å². The zero-order valence-corrected chi connectivity index (χ0v) is 15.3. The molecule has 3 heterocycles. The second-order valence-electron chi connectivity index (χ2n) is 5.88. The van der Waals surface area contributed by atoms with Crippen molar-refractivity contribution in [2.75, 3.05) is 26.2 Å². The summed E-state index contributed by atoms with van der Waals surface area (Å²) in [6, 6.07) is 3.61. The second-order valence-corrected chi connectivity index (χ2v) is 6.32. The maximum absolute atomic E-state index is 9.00. The van der Waals surface area contributed by atoms with Crippen LogP contribution >= 0.6 is 11.6 Å². The Morgan fingerprint density at radius 1 is 1.16 bits per heavy atom. The van der Waals surface area contributed by atoms with Crippen molar-refractivity contribution in [3.8, 4) is 5.88 Å². The quantitative estimate of drug-likeness (QED) is 0.625. The number of halogens is 1. The molecule has 0 saturated carbocycles. The van der Waals surface area contributed by atoms with E-state index >= 15 is 0 Å². The molecule has 0 unspecified atom stereocenters. The number of aliphatic hydroxyl groups is 1. The van der Waals surface area contributed by atoms with E-state index in [1.165, 1.54) is 0 Å². The highest BCUT2D eigenvalue weighted by molar-refractivity contribution is 6.30. The predicted octanol–water partition coefficient (Wildman–Crippen LogP) is 1.69. The minimum Gasteiger partial charge on any atom is -0.481 e. The Bertz CT molecular complexity index is 471. The van der Waals surface area contributed by atoms with Gasteiger partial charge in [0.2, 0.25) is 5.88 Å². The lowest BCUT2D eigenvalue weighted by atomic mass is 10.1. The van der Waals surface area contributed by atoms with E-state index in [2.05, 4.69) is 15.6 Å². The van der Waals surface area contributed by atoms with E-state index in [0.29, 0.717) is 17.0 Å². The van der Waals surface area contributed by atoms with Crippen LogP contribution in [0.5, 0.6) is 5.88 Å². The van der Waals surface area contributed by atoms with Crippen molar-refractivity contribution in [2.45, 2.75) is 44.8 Å². The number of nitrogens with one attached hydrogen (secondary N) is 2. The van der Waals surface area contributed by atoms with Crippen LogP contribution in [0, 0.1) is 0 Å². The summed E-state index contributed by atoms with van der Waals surface area (Å²) in [4.78, 5) is 13.1. The molecule has 0 aliphatic carbocycles. The Hall–Kier alpha value is -1.41. The summed E-state index contributed by atoms with van der Waals surface area (Å²) < 4.78 is 5.70. The van der Waals surface area contributed by atoms with Crippen LogP contribution in [-0.2, 0) is 4.79 Å². The highest BCUT2D eigenvalue weighted by atomic mass is 35.5. The van der Waals surface area contributed by atoms with Crippen molar-refractivity contribution >= 4 is 17.6 Å². The SMILES string of the molecule is CC(=O)O.Clc1ccc(OC2CCNCC2)nc1.OC1CCNCC1. The molecule has 0 radical (unpaired) electrons. The molecule has 7 nitrogen and oxygen atoms in total. The largest absolute Gasteiger partial charge is 0.481 e. The minimum atomic E-state index is -0.833. The number of ether oxygens (including phenoxy) is 1. The van der Waals surface area contributed by atoms with Gasteiger partial charge >= 0.3 is 0 Å². The summed E-state index contributed by atoms with van der Waals surface area (Å²) >= 11 is 5.73. The Labute approximate surface area is 153 Å². The summed E-state index contributed by atoms with van der Waals surface area (Å²) in [5.74, 6) is -0.165. The molecule has 1 aromatic heterocycles. The van der Waals surface area contributed by atoms with Crippen LogP contribution in [0.2, 0.25) is 5.02 Å². The standard InChI is InChI=1S/C10H13ClN2O.C5H11NO.C2H4O2/c11-8-1-2-10(13-7-8)14-9-3-5-12-6-4-9;7-5-1-3-6-4-2-5;1-2(3)4/h1-2,7,9,12H,3-6H2;5-7H,1-4H2;1H3,(H,3,4). The van der Waals surface area contributed by atoms with Gasteiger partial charge in [0.25, 0.3) is 5.97 Å². The van der Waals surface area contributed by atoms with Crippen molar-refractivity contribution < 1.29 is 19.7 Å². The van der Waals surface area contributed by atoms with Gasteiger partial charge < -0.3 is 25.6 Å². The van der Waals surface area contributed by atoms with Crippen LogP contribution in [-0.4, -0.2) is 59.6 Å².